The van der Waals surface area contributed by atoms with Crippen molar-refractivity contribution in [2.45, 2.75) is 19.6 Å². The van der Waals surface area contributed by atoms with Crippen LogP contribution in [-0.4, -0.2) is 19.6 Å². The highest BCUT2D eigenvalue weighted by Crippen LogP contribution is 2.24. The number of ether oxygens (including phenoxy) is 2. The predicted octanol–water partition coefficient (Wildman–Crippen LogP) is 4.75. The van der Waals surface area contributed by atoms with Crippen LogP contribution < -0.4 is 10.1 Å². The second-order valence-electron chi connectivity index (χ2n) is 6.39. The molecule has 0 spiro atoms. The van der Waals surface area contributed by atoms with Gasteiger partial charge in [0.1, 0.15) is 5.75 Å². The smallest absolute Gasteiger partial charge is 0.252 e. The fourth-order valence-corrected chi connectivity index (χ4v) is 3.11. The minimum atomic E-state index is -0.229. The Labute approximate surface area is 166 Å². The van der Waals surface area contributed by atoms with E-state index in [0.717, 1.165) is 16.7 Å². The fraction of sp³-hybridized carbons (Fsp3) is 0.208. The van der Waals surface area contributed by atoms with Gasteiger partial charge in [0.2, 0.25) is 0 Å². The van der Waals surface area contributed by atoms with Crippen LogP contribution in [0.2, 0.25) is 0 Å². The molecular weight excluding hydrogens is 350 g/mol. The largest absolute Gasteiger partial charge is 0.496 e. The van der Waals surface area contributed by atoms with Gasteiger partial charge < -0.3 is 14.8 Å². The second kappa shape index (κ2) is 9.72. The third kappa shape index (κ3) is 4.78. The molecule has 0 bridgehead atoms. The van der Waals surface area contributed by atoms with Crippen molar-refractivity contribution in [3.05, 3.63) is 101 Å². The van der Waals surface area contributed by atoms with Crippen LogP contribution in [0.15, 0.2) is 78.9 Å². The number of carbonyl (C=O) groups is 1. The van der Waals surface area contributed by atoms with Gasteiger partial charge in [-0.3, -0.25) is 4.79 Å². The predicted molar refractivity (Wildman–Crippen MR) is 111 cm³/mol. The third-order valence-corrected chi connectivity index (χ3v) is 4.55. The quantitative estimate of drug-likeness (QED) is 0.618. The number of amides is 1. The third-order valence-electron chi connectivity index (χ3n) is 4.55. The van der Waals surface area contributed by atoms with Gasteiger partial charge in [0.15, 0.2) is 0 Å². The topological polar surface area (TPSA) is 47.6 Å². The van der Waals surface area contributed by atoms with E-state index in [1.54, 1.807) is 13.2 Å². The minimum absolute atomic E-state index is 0.141. The molecule has 0 radical (unpaired) electrons. The molecule has 0 saturated heterocycles. The van der Waals surface area contributed by atoms with Gasteiger partial charge in [0, 0.05) is 17.7 Å². The molecule has 1 amide bonds. The van der Waals surface area contributed by atoms with Gasteiger partial charge in [-0.15, -0.1) is 0 Å². The van der Waals surface area contributed by atoms with Gasteiger partial charge in [-0.1, -0.05) is 60.7 Å². The Bertz CT molecular complexity index is 855. The number of methoxy groups -OCH3 is 1. The van der Waals surface area contributed by atoms with Gasteiger partial charge in [-0.2, -0.15) is 0 Å². The Morgan fingerprint density at radius 1 is 0.929 bits per heavy atom. The Hall–Kier alpha value is -3.11. The van der Waals surface area contributed by atoms with Gasteiger partial charge in [-0.05, 0) is 36.2 Å². The van der Waals surface area contributed by atoms with E-state index in [1.165, 1.54) is 0 Å². The van der Waals surface area contributed by atoms with Crippen molar-refractivity contribution in [3.8, 4) is 5.75 Å². The van der Waals surface area contributed by atoms with Gasteiger partial charge in [-0.25, -0.2) is 0 Å². The molecule has 28 heavy (non-hydrogen) atoms. The monoisotopic (exact) mass is 375 g/mol. The Morgan fingerprint density at radius 3 is 2.07 bits per heavy atom. The highest BCUT2D eigenvalue weighted by Gasteiger charge is 2.18. The van der Waals surface area contributed by atoms with Crippen LogP contribution in [0, 0.1) is 0 Å². The molecule has 4 nitrogen and oxygen atoms in total. The van der Waals surface area contributed by atoms with E-state index in [2.05, 4.69) is 5.32 Å². The SMILES string of the molecule is CCOCc1cc(C(=O)NC(c2ccccc2)c2ccccc2)ccc1OC. The van der Waals surface area contributed by atoms with Crippen LogP contribution in [-0.2, 0) is 11.3 Å². The zero-order valence-electron chi connectivity index (χ0n) is 16.2. The van der Waals surface area contributed by atoms with Crippen LogP contribution >= 0.6 is 0 Å². The number of hydrogen-bond acceptors (Lipinski definition) is 3. The molecule has 144 valence electrons. The molecule has 0 heterocycles. The Balaban J connectivity index is 1.88. The zero-order valence-corrected chi connectivity index (χ0v) is 16.2. The molecule has 0 aliphatic heterocycles. The Kier molecular flexibility index (Phi) is 6.82. The van der Waals surface area contributed by atoms with Gasteiger partial charge in [0.25, 0.3) is 5.91 Å². The average Bonchev–Trinajstić information content (AvgIpc) is 2.76. The highest BCUT2D eigenvalue weighted by molar-refractivity contribution is 5.95. The molecule has 0 fully saturated rings. The van der Waals surface area contributed by atoms with Crippen LogP contribution in [0.5, 0.6) is 5.75 Å². The molecular formula is C24H25NO3. The van der Waals surface area contributed by atoms with Crippen LogP contribution in [0.25, 0.3) is 0 Å². The number of rotatable bonds is 8. The van der Waals surface area contributed by atoms with Crippen molar-refractivity contribution >= 4 is 5.91 Å². The summed E-state index contributed by atoms with van der Waals surface area (Å²) in [6.45, 7) is 2.94. The lowest BCUT2D eigenvalue weighted by Crippen LogP contribution is -2.29. The van der Waals surface area contributed by atoms with Crippen molar-refractivity contribution in [1.29, 1.82) is 0 Å². The number of hydrogen-bond donors (Lipinski definition) is 1. The normalized spacial score (nSPS) is 10.7. The van der Waals surface area contributed by atoms with E-state index >= 15 is 0 Å². The van der Waals surface area contributed by atoms with Crippen molar-refractivity contribution in [2.24, 2.45) is 0 Å². The molecule has 0 saturated carbocycles. The lowest BCUT2D eigenvalue weighted by molar-refractivity contribution is 0.0942. The van der Waals surface area contributed by atoms with E-state index in [4.69, 9.17) is 9.47 Å². The first-order valence-electron chi connectivity index (χ1n) is 9.38. The maximum atomic E-state index is 13.0. The first-order valence-corrected chi connectivity index (χ1v) is 9.38. The lowest BCUT2D eigenvalue weighted by Gasteiger charge is -2.20. The summed E-state index contributed by atoms with van der Waals surface area (Å²) >= 11 is 0. The second-order valence-corrected chi connectivity index (χ2v) is 6.39. The minimum Gasteiger partial charge on any atom is -0.496 e. The summed E-state index contributed by atoms with van der Waals surface area (Å²) in [6, 6.07) is 25.1. The summed E-state index contributed by atoms with van der Waals surface area (Å²) in [5.41, 5.74) is 3.50. The van der Waals surface area contributed by atoms with Gasteiger partial charge >= 0.3 is 0 Å². The van der Waals surface area contributed by atoms with E-state index < -0.39 is 0 Å². The molecule has 4 heteroatoms. The maximum absolute atomic E-state index is 13.0. The standard InChI is InChI=1S/C24H25NO3/c1-3-28-17-21-16-20(14-15-22(21)27-2)24(26)25-23(18-10-6-4-7-11-18)19-12-8-5-9-13-19/h4-16,23H,3,17H2,1-2H3,(H,25,26). The average molecular weight is 375 g/mol. The summed E-state index contributed by atoms with van der Waals surface area (Å²) in [6.07, 6.45) is 0. The van der Waals surface area contributed by atoms with E-state index in [-0.39, 0.29) is 11.9 Å². The van der Waals surface area contributed by atoms with Crippen molar-refractivity contribution in [3.63, 3.8) is 0 Å². The molecule has 0 aromatic heterocycles. The number of benzene rings is 3. The molecule has 0 unspecified atom stereocenters. The molecule has 3 aromatic rings. The molecule has 0 aliphatic rings. The summed E-state index contributed by atoms with van der Waals surface area (Å²) in [4.78, 5) is 13.0. The molecule has 0 aliphatic carbocycles. The van der Waals surface area contributed by atoms with E-state index in [1.807, 2.05) is 79.7 Å². The van der Waals surface area contributed by atoms with E-state index in [0.29, 0.717) is 24.5 Å². The highest BCUT2D eigenvalue weighted by atomic mass is 16.5. The molecule has 3 rings (SSSR count). The summed E-state index contributed by atoms with van der Waals surface area (Å²) in [5, 5.41) is 3.17. The van der Waals surface area contributed by atoms with Crippen LogP contribution in [0.1, 0.15) is 40.0 Å². The molecule has 3 aromatic carbocycles. The summed E-state index contributed by atoms with van der Waals surface area (Å²) < 4.78 is 10.9. The number of carbonyl (C=O) groups excluding carboxylic acids is 1. The lowest BCUT2D eigenvalue weighted by atomic mass is 9.98. The van der Waals surface area contributed by atoms with Crippen LogP contribution in [0.3, 0.4) is 0 Å². The van der Waals surface area contributed by atoms with Crippen molar-refractivity contribution in [2.75, 3.05) is 13.7 Å². The van der Waals surface area contributed by atoms with Crippen LogP contribution in [0.4, 0.5) is 0 Å². The fourth-order valence-electron chi connectivity index (χ4n) is 3.11. The van der Waals surface area contributed by atoms with Crippen molar-refractivity contribution < 1.29 is 14.3 Å². The Morgan fingerprint density at radius 2 is 1.54 bits per heavy atom. The molecule has 1 N–H and O–H groups in total. The first kappa shape index (κ1) is 19.6. The summed E-state index contributed by atoms with van der Waals surface area (Å²) in [7, 11) is 1.62. The summed E-state index contributed by atoms with van der Waals surface area (Å²) in [5.74, 6) is 0.575. The number of nitrogens with one attached hydrogen (secondary N) is 1. The molecule has 0 atom stereocenters. The first-order chi connectivity index (χ1) is 13.7. The van der Waals surface area contributed by atoms with E-state index in [9.17, 15) is 4.79 Å². The van der Waals surface area contributed by atoms with Gasteiger partial charge in [0.05, 0.1) is 19.8 Å². The zero-order chi connectivity index (χ0) is 19.8. The van der Waals surface area contributed by atoms with Crippen molar-refractivity contribution in [1.82, 2.24) is 5.32 Å². The maximum Gasteiger partial charge on any atom is 0.252 e.